The minimum atomic E-state index is -0.0682. The number of hydrogen-bond acceptors (Lipinski definition) is 6. The molecule has 0 saturated carbocycles. The van der Waals surface area contributed by atoms with Gasteiger partial charge in [-0.05, 0) is 38.4 Å². The number of fused-ring (bicyclic) bond motifs is 1. The molecule has 130 valence electrons. The van der Waals surface area contributed by atoms with Gasteiger partial charge in [0.15, 0.2) is 5.82 Å². The Bertz CT molecular complexity index is 855. The van der Waals surface area contributed by atoms with Crippen LogP contribution in [0.2, 0.25) is 0 Å². The van der Waals surface area contributed by atoms with Crippen LogP contribution in [-0.4, -0.2) is 34.0 Å². The summed E-state index contributed by atoms with van der Waals surface area (Å²) in [6.07, 6.45) is 3.31. The molecule has 1 unspecified atom stereocenters. The normalized spacial score (nSPS) is 18.5. The molecule has 1 amide bonds. The van der Waals surface area contributed by atoms with Crippen molar-refractivity contribution >= 4 is 33.3 Å². The summed E-state index contributed by atoms with van der Waals surface area (Å²) in [5.74, 6) is 1.08. The molecule has 0 aliphatic carbocycles. The van der Waals surface area contributed by atoms with Crippen LogP contribution in [0.4, 0.5) is 5.82 Å². The number of thiazole rings is 1. The Kier molecular flexibility index (Phi) is 4.50. The third kappa shape index (κ3) is 3.57. The molecule has 0 bridgehead atoms. The molecule has 1 aromatic carbocycles. The standard InChI is InChI=1S/C18H20N4O2S/c1-12-10-16(21-24-12)20-17(23)11-22-9-5-4-7-14(22)18-19-13-6-2-3-8-15(13)25-18/h2-3,6,8,10,14H,4-5,7,9,11H2,1H3,(H,20,21,23). The van der Waals surface area contributed by atoms with E-state index in [2.05, 4.69) is 21.4 Å². The molecule has 3 aromatic rings. The minimum absolute atomic E-state index is 0.0682. The highest BCUT2D eigenvalue weighted by Gasteiger charge is 2.28. The molecular formula is C18H20N4O2S. The molecule has 1 saturated heterocycles. The van der Waals surface area contributed by atoms with Gasteiger partial charge in [-0.2, -0.15) is 0 Å². The Hall–Kier alpha value is -2.25. The van der Waals surface area contributed by atoms with Gasteiger partial charge in [-0.25, -0.2) is 4.98 Å². The molecule has 7 heteroatoms. The van der Waals surface area contributed by atoms with Gasteiger partial charge < -0.3 is 9.84 Å². The highest BCUT2D eigenvalue weighted by molar-refractivity contribution is 7.18. The van der Waals surface area contributed by atoms with Crippen molar-refractivity contribution in [2.45, 2.75) is 32.2 Å². The number of amides is 1. The topological polar surface area (TPSA) is 71.3 Å². The molecule has 1 N–H and O–H groups in total. The third-order valence-electron chi connectivity index (χ3n) is 4.45. The summed E-state index contributed by atoms with van der Waals surface area (Å²) in [7, 11) is 0. The monoisotopic (exact) mass is 356 g/mol. The van der Waals surface area contributed by atoms with Gasteiger partial charge in [0, 0.05) is 6.07 Å². The van der Waals surface area contributed by atoms with Crippen LogP contribution in [-0.2, 0) is 4.79 Å². The van der Waals surface area contributed by atoms with Crippen molar-refractivity contribution in [1.29, 1.82) is 0 Å². The number of aryl methyl sites for hydroxylation is 1. The Balaban J connectivity index is 1.49. The average Bonchev–Trinajstić information content (AvgIpc) is 3.21. The summed E-state index contributed by atoms with van der Waals surface area (Å²) in [5.41, 5.74) is 1.04. The smallest absolute Gasteiger partial charge is 0.239 e. The highest BCUT2D eigenvalue weighted by Crippen LogP contribution is 2.35. The van der Waals surface area contributed by atoms with E-state index in [4.69, 9.17) is 9.51 Å². The predicted octanol–water partition coefficient (Wildman–Crippen LogP) is 3.76. The molecule has 2 aromatic heterocycles. The lowest BCUT2D eigenvalue weighted by Crippen LogP contribution is -2.39. The number of aromatic nitrogens is 2. The number of rotatable bonds is 4. The van der Waals surface area contributed by atoms with E-state index in [1.807, 2.05) is 18.2 Å². The van der Waals surface area contributed by atoms with Crippen LogP contribution in [0.3, 0.4) is 0 Å². The number of nitrogens with one attached hydrogen (secondary N) is 1. The first kappa shape index (κ1) is 16.2. The maximum absolute atomic E-state index is 12.4. The van der Waals surface area contributed by atoms with Crippen LogP contribution in [0.15, 0.2) is 34.9 Å². The number of carbonyl (C=O) groups excluding carboxylic acids is 1. The van der Waals surface area contributed by atoms with Crippen molar-refractivity contribution in [3.63, 3.8) is 0 Å². The molecule has 0 spiro atoms. The van der Waals surface area contributed by atoms with E-state index in [0.717, 1.165) is 29.9 Å². The van der Waals surface area contributed by atoms with Gasteiger partial charge in [0.25, 0.3) is 0 Å². The molecule has 1 aliphatic rings. The molecule has 6 nitrogen and oxygen atoms in total. The maximum atomic E-state index is 12.4. The quantitative estimate of drug-likeness (QED) is 0.771. The largest absolute Gasteiger partial charge is 0.360 e. The molecular weight excluding hydrogens is 336 g/mol. The maximum Gasteiger partial charge on any atom is 0.239 e. The number of hydrogen-bond donors (Lipinski definition) is 1. The Labute approximate surface area is 149 Å². The summed E-state index contributed by atoms with van der Waals surface area (Å²) in [5, 5.41) is 7.73. The van der Waals surface area contributed by atoms with Crippen molar-refractivity contribution in [3.05, 3.63) is 41.1 Å². The SMILES string of the molecule is Cc1cc(NC(=O)CN2CCCCC2c2nc3ccccc3s2)no1. The van der Waals surface area contributed by atoms with E-state index in [1.165, 1.54) is 11.1 Å². The van der Waals surface area contributed by atoms with Crippen LogP contribution >= 0.6 is 11.3 Å². The number of carbonyl (C=O) groups is 1. The summed E-state index contributed by atoms with van der Waals surface area (Å²) < 4.78 is 6.19. The van der Waals surface area contributed by atoms with Crippen molar-refractivity contribution in [2.75, 3.05) is 18.4 Å². The summed E-state index contributed by atoms with van der Waals surface area (Å²) in [4.78, 5) is 19.4. The van der Waals surface area contributed by atoms with Crippen molar-refractivity contribution in [1.82, 2.24) is 15.0 Å². The van der Waals surface area contributed by atoms with Crippen molar-refractivity contribution in [2.24, 2.45) is 0 Å². The molecule has 3 heterocycles. The number of anilines is 1. The lowest BCUT2D eigenvalue weighted by Gasteiger charge is -2.33. The van der Waals surface area contributed by atoms with Crippen LogP contribution < -0.4 is 5.32 Å². The van der Waals surface area contributed by atoms with E-state index < -0.39 is 0 Å². The average molecular weight is 356 g/mol. The zero-order chi connectivity index (χ0) is 17.2. The van der Waals surface area contributed by atoms with Gasteiger partial charge in [-0.1, -0.05) is 23.7 Å². The lowest BCUT2D eigenvalue weighted by atomic mass is 10.0. The first-order chi connectivity index (χ1) is 12.2. The Morgan fingerprint density at radius 1 is 1.40 bits per heavy atom. The number of para-hydroxylation sites is 1. The van der Waals surface area contributed by atoms with Crippen LogP contribution in [0.25, 0.3) is 10.2 Å². The first-order valence-electron chi connectivity index (χ1n) is 8.52. The molecule has 1 aliphatic heterocycles. The fraction of sp³-hybridized carbons (Fsp3) is 0.389. The second-order valence-corrected chi connectivity index (χ2v) is 7.44. The third-order valence-corrected chi connectivity index (χ3v) is 5.59. The van der Waals surface area contributed by atoms with Gasteiger partial charge in [-0.3, -0.25) is 9.69 Å². The van der Waals surface area contributed by atoms with Gasteiger partial charge >= 0.3 is 0 Å². The van der Waals surface area contributed by atoms with Gasteiger partial charge in [0.05, 0.1) is 22.8 Å². The Morgan fingerprint density at radius 2 is 2.28 bits per heavy atom. The fourth-order valence-corrected chi connectivity index (χ4v) is 4.42. The highest BCUT2D eigenvalue weighted by atomic mass is 32.1. The Morgan fingerprint density at radius 3 is 3.08 bits per heavy atom. The molecule has 1 atom stereocenters. The molecule has 4 rings (SSSR count). The number of likely N-dealkylation sites (tertiary alicyclic amines) is 1. The van der Waals surface area contributed by atoms with E-state index in [-0.39, 0.29) is 11.9 Å². The number of piperidine rings is 1. The van der Waals surface area contributed by atoms with Crippen LogP contribution in [0.1, 0.15) is 36.1 Å². The van der Waals surface area contributed by atoms with E-state index in [9.17, 15) is 4.79 Å². The number of nitrogens with zero attached hydrogens (tertiary/aromatic N) is 3. The fourth-order valence-electron chi connectivity index (χ4n) is 3.28. The van der Waals surface area contributed by atoms with Gasteiger partial charge in [-0.15, -0.1) is 11.3 Å². The predicted molar refractivity (Wildman–Crippen MR) is 97.7 cm³/mol. The van der Waals surface area contributed by atoms with Crippen molar-refractivity contribution < 1.29 is 9.32 Å². The minimum Gasteiger partial charge on any atom is -0.360 e. The van der Waals surface area contributed by atoms with Gasteiger partial charge in [0.1, 0.15) is 10.8 Å². The van der Waals surface area contributed by atoms with Gasteiger partial charge in [0.2, 0.25) is 5.91 Å². The first-order valence-corrected chi connectivity index (χ1v) is 9.33. The summed E-state index contributed by atoms with van der Waals surface area (Å²) in [6, 6.07) is 10.1. The lowest BCUT2D eigenvalue weighted by molar-refractivity contribution is -0.118. The van der Waals surface area contributed by atoms with Crippen LogP contribution in [0, 0.1) is 6.92 Å². The second kappa shape index (κ2) is 6.93. The zero-order valence-corrected chi connectivity index (χ0v) is 14.9. The summed E-state index contributed by atoms with van der Waals surface area (Å²) in [6.45, 7) is 3.05. The van der Waals surface area contributed by atoms with E-state index in [0.29, 0.717) is 18.1 Å². The molecule has 0 radical (unpaired) electrons. The molecule has 1 fully saturated rings. The van der Waals surface area contributed by atoms with Crippen LogP contribution in [0.5, 0.6) is 0 Å². The van der Waals surface area contributed by atoms with E-state index >= 15 is 0 Å². The van der Waals surface area contributed by atoms with E-state index in [1.54, 1.807) is 24.3 Å². The zero-order valence-electron chi connectivity index (χ0n) is 14.1. The van der Waals surface area contributed by atoms with Crippen molar-refractivity contribution in [3.8, 4) is 0 Å². The summed E-state index contributed by atoms with van der Waals surface area (Å²) >= 11 is 1.73. The second-order valence-electron chi connectivity index (χ2n) is 6.37. The molecule has 25 heavy (non-hydrogen) atoms. The number of benzene rings is 1.